The number of amides is 1. The fourth-order valence-corrected chi connectivity index (χ4v) is 2.00. The molecule has 0 atom stereocenters. The third kappa shape index (κ3) is 3.06. The molecule has 4 nitrogen and oxygen atoms in total. The summed E-state index contributed by atoms with van der Waals surface area (Å²) in [6, 6.07) is 5.96. The molecule has 2 rings (SSSR count). The predicted molar refractivity (Wildman–Crippen MR) is 65.1 cm³/mol. The third-order valence-electron chi connectivity index (χ3n) is 3.10. The van der Waals surface area contributed by atoms with Crippen molar-refractivity contribution in [2.75, 3.05) is 13.1 Å². The largest absolute Gasteiger partial charge is 0.411 e. The number of oxime groups is 1. The number of piperidine rings is 1. The first kappa shape index (κ1) is 12.5. The maximum atomic E-state index is 12.7. The van der Waals surface area contributed by atoms with Crippen molar-refractivity contribution >= 4 is 11.6 Å². The number of carbonyl (C=O) groups excluding carboxylic acids is 1. The van der Waals surface area contributed by atoms with Crippen LogP contribution in [0.4, 0.5) is 4.39 Å². The highest BCUT2D eigenvalue weighted by molar-refractivity contribution is 5.87. The van der Waals surface area contributed by atoms with Gasteiger partial charge in [0.1, 0.15) is 5.82 Å². The summed E-state index contributed by atoms with van der Waals surface area (Å²) >= 11 is 0. The normalized spacial score (nSPS) is 15.6. The van der Waals surface area contributed by atoms with Crippen LogP contribution in [0.25, 0.3) is 0 Å². The van der Waals surface area contributed by atoms with E-state index in [9.17, 15) is 9.18 Å². The Balaban J connectivity index is 1.91. The highest BCUT2D eigenvalue weighted by Crippen LogP contribution is 2.11. The Morgan fingerprint density at radius 3 is 2.44 bits per heavy atom. The van der Waals surface area contributed by atoms with Gasteiger partial charge in [0.05, 0.1) is 12.1 Å². The number of benzene rings is 1. The summed E-state index contributed by atoms with van der Waals surface area (Å²) in [5, 5.41) is 11.8. The van der Waals surface area contributed by atoms with Gasteiger partial charge in [-0.1, -0.05) is 17.3 Å². The molecule has 1 aromatic rings. The summed E-state index contributed by atoms with van der Waals surface area (Å²) in [5.41, 5.74) is 1.55. The third-order valence-corrected chi connectivity index (χ3v) is 3.10. The van der Waals surface area contributed by atoms with Crippen molar-refractivity contribution in [1.82, 2.24) is 4.90 Å². The van der Waals surface area contributed by atoms with Gasteiger partial charge in [-0.2, -0.15) is 0 Å². The number of carbonyl (C=O) groups is 1. The molecule has 5 heteroatoms. The van der Waals surface area contributed by atoms with Crippen molar-refractivity contribution in [2.24, 2.45) is 5.16 Å². The van der Waals surface area contributed by atoms with E-state index in [0.717, 1.165) is 11.3 Å². The molecule has 1 saturated heterocycles. The van der Waals surface area contributed by atoms with Crippen molar-refractivity contribution in [3.05, 3.63) is 35.6 Å². The second-order valence-electron chi connectivity index (χ2n) is 4.35. The van der Waals surface area contributed by atoms with E-state index in [1.807, 2.05) is 0 Å². The van der Waals surface area contributed by atoms with Gasteiger partial charge in [0.25, 0.3) is 0 Å². The summed E-state index contributed by atoms with van der Waals surface area (Å²) in [4.78, 5) is 13.7. The Hall–Kier alpha value is -1.91. The van der Waals surface area contributed by atoms with Crippen LogP contribution in [-0.2, 0) is 11.2 Å². The Kier molecular flexibility index (Phi) is 3.92. The standard InChI is InChI=1S/C13H15FN2O2/c14-11-3-1-10(2-4-11)9-13(17)16-7-5-12(15-18)6-8-16/h1-4,18H,5-9H2. The van der Waals surface area contributed by atoms with Gasteiger partial charge in [0, 0.05) is 25.9 Å². The van der Waals surface area contributed by atoms with E-state index >= 15 is 0 Å². The summed E-state index contributed by atoms with van der Waals surface area (Å²) in [5.74, 6) is -0.272. The summed E-state index contributed by atoms with van der Waals surface area (Å²) < 4.78 is 12.7. The molecule has 1 aliphatic rings. The fourth-order valence-electron chi connectivity index (χ4n) is 2.00. The zero-order valence-corrected chi connectivity index (χ0v) is 9.97. The van der Waals surface area contributed by atoms with Crippen molar-refractivity contribution in [1.29, 1.82) is 0 Å². The van der Waals surface area contributed by atoms with Gasteiger partial charge in [-0.3, -0.25) is 4.79 Å². The average molecular weight is 250 g/mol. The molecule has 0 unspecified atom stereocenters. The highest BCUT2D eigenvalue weighted by atomic mass is 19.1. The molecule has 18 heavy (non-hydrogen) atoms. The van der Waals surface area contributed by atoms with E-state index in [-0.39, 0.29) is 18.1 Å². The molecular formula is C13H15FN2O2. The van der Waals surface area contributed by atoms with Crippen LogP contribution in [0.5, 0.6) is 0 Å². The number of hydrogen-bond acceptors (Lipinski definition) is 3. The molecule has 1 fully saturated rings. The van der Waals surface area contributed by atoms with Crippen LogP contribution in [0.15, 0.2) is 29.4 Å². The number of nitrogens with zero attached hydrogens (tertiary/aromatic N) is 2. The Labute approximate surface area is 105 Å². The number of rotatable bonds is 2. The van der Waals surface area contributed by atoms with Crippen LogP contribution >= 0.6 is 0 Å². The average Bonchev–Trinajstić information content (AvgIpc) is 2.41. The first-order valence-corrected chi connectivity index (χ1v) is 5.91. The minimum atomic E-state index is -0.298. The SMILES string of the molecule is O=C(Cc1ccc(F)cc1)N1CCC(=NO)CC1. The van der Waals surface area contributed by atoms with Crippen LogP contribution in [0.2, 0.25) is 0 Å². The Morgan fingerprint density at radius 2 is 1.89 bits per heavy atom. The molecule has 0 aromatic heterocycles. The first-order chi connectivity index (χ1) is 8.69. The molecular weight excluding hydrogens is 235 g/mol. The van der Waals surface area contributed by atoms with Gasteiger partial charge in [-0.25, -0.2) is 4.39 Å². The summed E-state index contributed by atoms with van der Waals surface area (Å²) in [7, 11) is 0. The zero-order chi connectivity index (χ0) is 13.0. The lowest BCUT2D eigenvalue weighted by molar-refractivity contribution is -0.130. The van der Waals surface area contributed by atoms with Gasteiger partial charge in [0.2, 0.25) is 5.91 Å². The molecule has 0 bridgehead atoms. The van der Waals surface area contributed by atoms with E-state index in [2.05, 4.69) is 5.16 Å². The molecule has 1 aromatic carbocycles. The van der Waals surface area contributed by atoms with Crippen molar-refractivity contribution < 1.29 is 14.4 Å². The molecule has 0 aliphatic carbocycles. The van der Waals surface area contributed by atoms with Crippen LogP contribution in [0.1, 0.15) is 18.4 Å². The molecule has 96 valence electrons. The number of halogens is 1. The zero-order valence-electron chi connectivity index (χ0n) is 9.97. The minimum Gasteiger partial charge on any atom is -0.411 e. The quantitative estimate of drug-likeness (QED) is 0.643. The van der Waals surface area contributed by atoms with Crippen LogP contribution in [0.3, 0.4) is 0 Å². The van der Waals surface area contributed by atoms with Crippen molar-refractivity contribution in [3.8, 4) is 0 Å². The fraction of sp³-hybridized carbons (Fsp3) is 0.385. The van der Waals surface area contributed by atoms with Gasteiger partial charge in [0.15, 0.2) is 0 Å². The van der Waals surface area contributed by atoms with Gasteiger partial charge >= 0.3 is 0 Å². The summed E-state index contributed by atoms with van der Waals surface area (Å²) in [6.07, 6.45) is 1.52. The number of likely N-dealkylation sites (tertiary alicyclic amines) is 1. The molecule has 1 amide bonds. The van der Waals surface area contributed by atoms with Crippen molar-refractivity contribution in [3.63, 3.8) is 0 Å². The minimum absolute atomic E-state index is 0.0265. The second-order valence-corrected chi connectivity index (χ2v) is 4.35. The van der Waals surface area contributed by atoms with E-state index in [1.54, 1.807) is 17.0 Å². The first-order valence-electron chi connectivity index (χ1n) is 5.91. The molecule has 1 aliphatic heterocycles. The van der Waals surface area contributed by atoms with E-state index in [0.29, 0.717) is 25.9 Å². The van der Waals surface area contributed by atoms with Gasteiger partial charge in [-0.05, 0) is 17.7 Å². The lowest BCUT2D eigenvalue weighted by Crippen LogP contribution is -2.39. The summed E-state index contributed by atoms with van der Waals surface area (Å²) in [6.45, 7) is 1.17. The van der Waals surface area contributed by atoms with Crippen LogP contribution in [0, 0.1) is 5.82 Å². The smallest absolute Gasteiger partial charge is 0.227 e. The van der Waals surface area contributed by atoms with Crippen molar-refractivity contribution in [2.45, 2.75) is 19.3 Å². The maximum Gasteiger partial charge on any atom is 0.227 e. The van der Waals surface area contributed by atoms with Crippen LogP contribution < -0.4 is 0 Å². The molecule has 0 spiro atoms. The topological polar surface area (TPSA) is 52.9 Å². The van der Waals surface area contributed by atoms with Crippen LogP contribution in [-0.4, -0.2) is 34.8 Å². The maximum absolute atomic E-state index is 12.7. The van der Waals surface area contributed by atoms with E-state index in [4.69, 9.17) is 5.21 Å². The van der Waals surface area contributed by atoms with Gasteiger partial charge < -0.3 is 10.1 Å². The van der Waals surface area contributed by atoms with E-state index < -0.39 is 0 Å². The molecule has 1 heterocycles. The Bertz CT molecular complexity index is 447. The molecule has 1 N–H and O–H groups in total. The highest BCUT2D eigenvalue weighted by Gasteiger charge is 2.20. The molecule has 0 saturated carbocycles. The predicted octanol–water partition coefficient (Wildman–Crippen LogP) is 1.82. The number of hydrogen-bond donors (Lipinski definition) is 1. The molecule has 0 radical (unpaired) electrons. The second kappa shape index (κ2) is 5.62. The van der Waals surface area contributed by atoms with Gasteiger partial charge in [-0.15, -0.1) is 0 Å². The van der Waals surface area contributed by atoms with E-state index in [1.165, 1.54) is 12.1 Å². The Morgan fingerprint density at radius 1 is 1.28 bits per heavy atom. The lowest BCUT2D eigenvalue weighted by Gasteiger charge is -2.27. The monoisotopic (exact) mass is 250 g/mol. The lowest BCUT2D eigenvalue weighted by atomic mass is 10.1.